The summed E-state index contributed by atoms with van der Waals surface area (Å²) >= 11 is 3.34. The quantitative estimate of drug-likeness (QED) is 0.655. The highest BCUT2D eigenvalue weighted by atomic mass is 79.9. The molecule has 2 amide bonds. The first-order valence-electron chi connectivity index (χ1n) is 6.51. The number of aryl methyl sites for hydroxylation is 1. The van der Waals surface area contributed by atoms with E-state index in [1.54, 1.807) is 0 Å². The van der Waals surface area contributed by atoms with Gasteiger partial charge in [-0.3, -0.25) is 9.59 Å². The fourth-order valence-electron chi connectivity index (χ4n) is 1.64. The van der Waals surface area contributed by atoms with Gasteiger partial charge in [0, 0.05) is 23.8 Å². The molecule has 0 radical (unpaired) electrons. The monoisotopic (exact) mass is 393 g/mol. The molecule has 6 nitrogen and oxygen atoms in total. The number of nitrogens with two attached hydrogens (primary N) is 1. The SMILES string of the molecule is COC(CN)CC(=O)NCC(=O)Nc1cc(Br)ccc1C.Cl. The van der Waals surface area contributed by atoms with Crippen molar-refractivity contribution in [3.63, 3.8) is 0 Å². The molecule has 0 aromatic heterocycles. The van der Waals surface area contributed by atoms with Gasteiger partial charge in [-0.15, -0.1) is 12.4 Å². The van der Waals surface area contributed by atoms with Crippen molar-refractivity contribution in [1.82, 2.24) is 5.32 Å². The third kappa shape index (κ3) is 7.22. The van der Waals surface area contributed by atoms with Gasteiger partial charge < -0.3 is 21.1 Å². The van der Waals surface area contributed by atoms with Gasteiger partial charge in [-0.25, -0.2) is 0 Å². The first-order chi connectivity index (χ1) is 9.96. The number of carbonyl (C=O) groups excluding carboxylic acids is 2. The van der Waals surface area contributed by atoms with Crippen molar-refractivity contribution in [3.8, 4) is 0 Å². The number of carbonyl (C=O) groups is 2. The lowest BCUT2D eigenvalue weighted by molar-refractivity contribution is -0.125. The summed E-state index contributed by atoms with van der Waals surface area (Å²) in [6.07, 6.45) is -0.198. The Kier molecular flexibility index (Phi) is 10.0. The lowest BCUT2D eigenvalue weighted by Gasteiger charge is -2.13. The second-order valence-electron chi connectivity index (χ2n) is 4.58. The maximum Gasteiger partial charge on any atom is 0.243 e. The third-order valence-corrected chi connectivity index (χ3v) is 3.42. The van der Waals surface area contributed by atoms with Crippen LogP contribution in [-0.2, 0) is 14.3 Å². The fourth-order valence-corrected chi connectivity index (χ4v) is 2.01. The van der Waals surface area contributed by atoms with Crippen molar-refractivity contribution in [2.75, 3.05) is 25.5 Å². The minimum Gasteiger partial charge on any atom is -0.380 e. The van der Waals surface area contributed by atoms with Gasteiger partial charge in [0.05, 0.1) is 19.1 Å². The Morgan fingerprint density at radius 3 is 2.64 bits per heavy atom. The van der Waals surface area contributed by atoms with Crippen LogP contribution in [0, 0.1) is 6.92 Å². The van der Waals surface area contributed by atoms with Crippen LogP contribution in [0.1, 0.15) is 12.0 Å². The predicted molar refractivity (Wildman–Crippen MR) is 92.2 cm³/mol. The van der Waals surface area contributed by atoms with Crippen LogP contribution in [0.25, 0.3) is 0 Å². The number of rotatable bonds is 7. The molecular formula is C14H21BrClN3O3. The predicted octanol–water partition coefficient (Wildman–Crippen LogP) is 1.60. The normalized spacial score (nSPS) is 11.3. The van der Waals surface area contributed by atoms with Gasteiger partial charge in [0.2, 0.25) is 11.8 Å². The van der Waals surface area contributed by atoms with E-state index in [1.165, 1.54) is 7.11 Å². The third-order valence-electron chi connectivity index (χ3n) is 2.93. The summed E-state index contributed by atoms with van der Waals surface area (Å²) in [6.45, 7) is 2.06. The largest absolute Gasteiger partial charge is 0.380 e. The van der Waals surface area contributed by atoms with E-state index in [0.717, 1.165) is 10.0 Å². The fraction of sp³-hybridized carbons (Fsp3) is 0.429. The van der Waals surface area contributed by atoms with Crippen LogP contribution in [-0.4, -0.2) is 38.1 Å². The summed E-state index contributed by atoms with van der Waals surface area (Å²) in [7, 11) is 1.49. The van der Waals surface area contributed by atoms with E-state index in [-0.39, 0.29) is 49.8 Å². The molecule has 0 aliphatic heterocycles. The van der Waals surface area contributed by atoms with Gasteiger partial charge in [0.25, 0.3) is 0 Å². The highest BCUT2D eigenvalue weighted by Crippen LogP contribution is 2.20. The molecule has 0 aliphatic carbocycles. The smallest absolute Gasteiger partial charge is 0.243 e. The molecule has 1 aromatic carbocycles. The molecule has 0 saturated carbocycles. The minimum absolute atomic E-state index is 0. The van der Waals surface area contributed by atoms with Crippen LogP contribution >= 0.6 is 28.3 Å². The van der Waals surface area contributed by atoms with Gasteiger partial charge in [-0.2, -0.15) is 0 Å². The zero-order valence-corrected chi connectivity index (χ0v) is 14.9. The lowest BCUT2D eigenvalue weighted by Crippen LogP contribution is -2.36. The summed E-state index contributed by atoms with van der Waals surface area (Å²) < 4.78 is 5.88. The Balaban J connectivity index is 0.00000441. The minimum atomic E-state index is -0.333. The van der Waals surface area contributed by atoms with E-state index in [0.29, 0.717) is 5.69 Å². The molecule has 0 spiro atoms. The lowest BCUT2D eigenvalue weighted by atomic mass is 10.2. The number of ether oxygens (including phenoxy) is 1. The highest BCUT2D eigenvalue weighted by Gasteiger charge is 2.12. The first kappa shape index (κ1) is 20.9. The topological polar surface area (TPSA) is 93.4 Å². The van der Waals surface area contributed by atoms with Crippen LogP contribution < -0.4 is 16.4 Å². The van der Waals surface area contributed by atoms with Crippen molar-refractivity contribution < 1.29 is 14.3 Å². The maximum absolute atomic E-state index is 11.8. The summed E-state index contributed by atoms with van der Waals surface area (Å²) in [6, 6.07) is 5.59. The average molecular weight is 395 g/mol. The van der Waals surface area contributed by atoms with E-state index in [9.17, 15) is 9.59 Å². The number of hydrogen-bond donors (Lipinski definition) is 3. The molecule has 4 N–H and O–H groups in total. The molecule has 1 atom stereocenters. The Bertz CT molecular complexity index is 510. The molecule has 1 rings (SSSR count). The molecule has 0 saturated heterocycles. The Labute approximate surface area is 144 Å². The number of anilines is 1. The van der Waals surface area contributed by atoms with Crippen molar-refractivity contribution in [3.05, 3.63) is 28.2 Å². The number of hydrogen-bond acceptors (Lipinski definition) is 4. The number of methoxy groups -OCH3 is 1. The molecule has 0 fully saturated rings. The molecule has 1 unspecified atom stereocenters. The summed E-state index contributed by atoms with van der Waals surface area (Å²) in [4.78, 5) is 23.4. The van der Waals surface area contributed by atoms with Gasteiger partial charge in [-0.05, 0) is 24.6 Å². The maximum atomic E-state index is 11.8. The Hall–Kier alpha value is -1.15. The molecule has 0 aliphatic rings. The Morgan fingerprint density at radius 1 is 1.36 bits per heavy atom. The highest BCUT2D eigenvalue weighted by molar-refractivity contribution is 9.10. The molecule has 0 heterocycles. The molecule has 124 valence electrons. The zero-order chi connectivity index (χ0) is 15.8. The van der Waals surface area contributed by atoms with Gasteiger partial charge in [0.15, 0.2) is 0 Å². The van der Waals surface area contributed by atoms with Crippen LogP contribution in [0.15, 0.2) is 22.7 Å². The Morgan fingerprint density at radius 2 is 2.05 bits per heavy atom. The summed E-state index contributed by atoms with van der Waals surface area (Å²) in [5.74, 6) is -0.556. The molecular weight excluding hydrogens is 374 g/mol. The van der Waals surface area contributed by atoms with Crippen LogP contribution in [0.4, 0.5) is 5.69 Å². The molecule has 22 heavy (non-hydrogen) atoms. The van der Waals surface area contributed by atoms with Crippen molar-refractivity contribution in [2.24, 2.45) is 5.73 Å². The molecule has 0 bridgehead atoms. The summed E-state index contributed by atoms with van der Waals surface area (Å²) in [5, 5.41) is 5.29. The van der Waals surface area contributed by atoms with Crippen molar-refractivity contribution in [2.45, 2.75) is 19.4 Å². The second kappa shape index (κ2) is 10.6. The summed E-state index contributed by atoms with van der Waals surface area (Å²) in [5.41, 5.74) is 7.09. The number of halogens is 2. The molecule has 1 aromatic rings. The van der Waals surface area contributed by atoms with Crippen molar-refractivity contribution >= 4 is 45.8 Å². The van der Waals surface area contributed by atoms with E-state index in [2.05, 4.69) is 26.6 Å². The average Bonchev–Trinajstić information content (AvgIpc) is 2.46. The van der Waals surface area contributed by atoms with Gasteiger partial charge >= 0.3 is 0 Å². The van der Waals surface area contributed by atoms with E-state index < -0.39 is 0 Å². The van der Waals surface area contributed by atoms with Crippen LogP contribution in [0.2, 0.25) is 0 Å². The second-order valence-corrected chi connectivity index (χ2v) is 5.50. The van der Waals surface area contributed by atoms with E-state index >= 15 is 0 Å². The van der Waals surface area contributed by atoms with Gasteiger partial charge in [0.1, 0.15) is 0 Å². The number of amides is 2. The zero-order valence-electron chi connectivity index (χ0n) is 12.5. The van der Waals surface area contributed by atoms with Gasteiger partial charge in [-0.1, -0.05) is 22.0 Å². The first-order valence-corrected chi connectivity index (χ1v) is 7.31. The van der Waals surface area contributed by atoms with Crippen LogP contribution in [0.3, 0.4) is 0 Å². The molecule has 8 heteroatoms. The van der Waals surface area contributed by atoms with E-state index in [1.807, 2.05) is 25.1 Å². The number of benzene rings is 1. The van der Waals surface area contributed by atoms with Crippen molar-refractivity contribution in [1.29, 1.82) is 0 Å². The van der Waals surface area contributed by atoms with Crippen LogP contribution in [0.5, 0.6) is 0 Å². The van der Waals surface area contributed by atoms with E-state index in [4.69, 9.17) is 10.5 Å². The standard InChI is InChI=1S/C14H20BrN3O3.ClH/c1-9-3-4-10(15)5-12(9)18-14(20)8-17-13(19)6-11(7-16)21-2;/h3-5,11H,6-8,16H2,1-2H3,(H,17,19)(H,18,20);1H. The number of nitrogens with one attached hydrogen (secondary N) is 2.